The Morgan fingerprint density at radius 1 is 1.25 bits per heavy atom. The normalized spacial score (nSPS) is 21.0. The van der Waals surface area contributed by atoms with Gasteiger partial charge in [0.2, 0.25) is 5.91 Å². The van der Waals surface area contributed by atoms with Crippen molar-refractivity contribution in [2.75, 3.05) is 13.1 Å². The number of piperidine rings is 1. The minimum Gasteiger partial charge on any atom is -0.342 e. The van der Waals surface area contributed by atoms with Gasteiger partial charge in [0.25, 0.3) is 0 Å². The third-order valence-electron chi connectivity index (χ3n) is 5.12. The largest absolute Gasteiger partial charge is 0.342 e. The quantitative estimate of drug-likeness (QED) is 0.849. The first-order valence-electron chi connectivity index (χ1n) is 8.97. The molecule has 2 aromatic rings. The number of carbonyl (C=O) groups excluding carboxylic acids is 1. The maximum atomic E-state index is 12.6. The van der Waals surface area contributed by atoms with Crippen LogP contribution in [0.3, 0.4) is 0 Å². The third kappa shape index (κ3) is 3.50. The number of likely N-dealkylation sites (tertiary alicyclic amines) is 1. The van der Waals surface area contributed by atoms with Crippen molar-refractivity contribution in [2.45, 2.75) is 44.6 Å². The summed E-state index contributed by atoms with van der Waals surface area (Å²) >= 11 is 0. The molecule has 0 aromatic carbocycles. The first-order chi connectivity index (χ1) is 11.8. The number of rotatable bonds is 5. The molecule has 2 aliphatic rings. The average molecular weight is 324 g/mol. The number of pyridine rings is 1. The summed E-state index contributed by atoms with van der Waals surface area (Å²) in [5.74, 6) is 2.57. The monoisotopic (exact) mass is 324 g/mol. The summed E-state index contributed by atoms with van der Waals surface area (Å²) in [5, 5.41) is 0. The van der Waals surface area contributed by atoms with Crippen LogP contribution in [0, 0.1) is 5.92 Å². The van der Waals surface area contributed by atoms with E-state index in [0.717, 1.165) is 44.0 Å². The second-order valence-electron chi connectivity index (χ2n) is 7.10. The van der Waals surface area contributed by atoms with Crippen molar-refractivity contribution in [1.82, 2.24) is 19.4 Å². The molecule has 0 unspecified atom stereocenters. The highest BCUT2D eigenvalue weighted by Gasteiger charge is 2.29. The number of amides is 1. The van der Waals surface area contributed by atoms with Crippen molar-refractivity contribution >= 4 is 5.91 Å². The van der Waals surface area contributed by atoms with E-state index in [1.165, 1.54) is 18.7 Å². The van der Waals surface area contributed by atoms with Crippen molar-refractivity contribution in [3.05, 3.63) is 48.3 Å². The Morgan fingerprint density at radius 3 is 2.96 bits per heavy atom. The summed E-state index contributed by atoms with van der Waals surface area (Å²) < 4.78 is 2.32. The maximum Gasteiger partial charge on any atom is 0.227 e. The SMILES string of the molecule is O=C(Cc1cccnc1)N1CCC[C@@H](c2nccn2CC2CC2)C1. The van der Waals surface area contributed by atoms with Gasteiger partial charge in [0.1, 0.15) is 5.82 Å². The van der Waals surface area contributed by atoms with Gasteiger partial charge >= 0.3 is 0 Å². The van der Waals surface area contributed by atoms with Crippen molar-refractivity contribution in [2.24, 2.45) is 5.92 Å². The molecule has 5 nitrogen and oxygen atoms in total. The lowest BCUT2D eigenvalue weighted by Crippen LogP contribution is -2.40. The fourth-order valence-corrected chi connectivity index (χ4v) is 3.62. The van der Waals surface area contributed by atoms with Crippen LogP contribution in [0.25, 0.3) is 0 Å². The van der Waals surface area contributed by atoms with E-state index < -0.39 is 0 Å². The van der Waals surface area contributed by atoms with Crippen LogP contribution in [0.1, 0.15) is 43.0 Å². The van der Waals surface area contributed by atoms with Crippen LogP contribution in [0.2, 0.25) is 0 Å². The molecule has 4 rings (SSSR count). The molecule has 1 aliphatic carbocycles. The van der Waals surface area contributed by atoms with Gasteiger partial charge in [0.05, 0.1) is 6.42 Å². The number of aromatic nitrogens is 3. The van der Waals surface area contributed by atoms with E-state index in [-0.39, 0.29) is 5.91 Å². The summed E-state index contributed by atoms with van der Waals surface area (Å²) in [6.07, 6.45) is 12.8. The number of carbonyl (C=O) groups is 1. The molecule has 1 saturated carbocycles. The highest BCUT2D eigenvalue weighted by atomic mass is 16.2. The van der Waals surface area contributed by atoms with Crippen molar-refractivity contribution in [3.8, 4) is 0 Å². The highest BCUT2D eigenvalue weighted by Crippen LogP contribution is 2.33. The molecule has 0 N–H and O–H groups in total. The van der Waals surface area contributed by atoms with E-state index in [2.05, 4.69) is 20.7 Å². The fraction of sp³-hybridized carbons (Fsp3) is 0.526. The Bertz CT molecular complexity index is 692. The molecule has 0 radical (unpaired) electrons. The summed E-state index contributed by atoms with van der Waals surface area (Å²) in [6, 6.07) is 3.85. The van der Waals surface area contributed by atoms with Gasteiger partial charge < -0.3 is 9.47 Å². The van der Waals surface area contributed by atoms with Crippen molar-refractivity contribution in [1.29, 1.82) is 0 Å². The van der Waals surface area contributed by atoms with Crippen molar-refractivity contribution in [3.63, 3.8) is 0 Å². The second-order valence-corrected chi connectivity index (χ2v) is 7.10. The highest BCUT2D eigenvalue weighted by molar-refractivity contribution is 5.78. The van der Waals surface area contributed by atoms with E-state index >= 15 is 0 Å². The summed E-state index contributed by atoms with van der Waals surface area (Å²) in [4.78, 5) is 23.4. The van der Waals surface area contributed by atoms with E-state index in [1.807, 2.05) is 23.2 Å². The molecule has 0 bridgehead atoms. The molecule has 2 aromatic heterocycles. The number of hydrogen-bond donors (Lipinski definition) is 0. The maximum absolute atomic E-state index is 12.6. The van der Waals surface area contributed by atoms with Gasteiger partial charge in [-0.2, -0.15) is 0 Å². The standard InChI is InChI=1S/C19H24N4O/c24-18(11-16-3-1-7-20-12-16)22-9-2-4-17(14-22)19-21-8-10-23(19)13-15-5-6-15/h1,3,7-8,10,12,15,17H,2,4-6,9,11,13-14H2/t17-/m1/s1. The van der Waals surface area contributed by atoms with Gasteiger partial charge in [-0.3, -0.25) is 9.78 Å². The molecular weight excluding hydrogens is 300 g/mol. The summed E-state index contributed by atoms with van der Waals surface area (Å²) in [7, 11) is 0. The van der Waals surface area contributed by atoms with E-state index in [9.17, 15) is 4.79 Å². The van der Waals surface area contributed by atoms with Gasteiger partial charge in [-0.1, -0.05) is 6.07 Å². The zero-order valence-electron chi connectivity index (χ0n) is 14.0. The van der Waals surface area contributed by atoms with Crippen LogP contribution in [-0.4, -0.2) is 38.4 Å². The van der Waals surface area contributed by atoms with E-state index in [1.54, 1.807) is 12.4 Å². The third-order valence-corrected chi connectivity index (χ3v) is 5.12. The van der Waals surface area contributed by atoms with Crippen LogP contribution >= 0.6 is 0 Å². The molecule has 1 aliphatic heterocycles. The number of hydrogen-bond acceptors (Lipinski definition) is 3. The Morgan fingerprint density at radius 2 is 2.17 bits per heavy atom. The first kappa shape index (κ1) is 15.4. The van der Waals surface area contributed by atoms with Crippen LogP contribution < -0.4 is 0 Å². The summed E-state index contributed by atoms with van der Waals surface area (Å²) in [6.45, 7) is 2.75. The lowest BCUT2D eigenvalue weighted by Gasteiger charge is -2.33. The van der Waals surface area contributed by atoms with Crippen LogP contribution in [0.4, 0.5) is 0 Å². The predicted octanol–water partition coefficient (Wildman–Crippen LogP) is 2.64. The fourth-order valence-electron chi connectivity index (χ4n) is 3.62. The topological polar surface area (TPSA) is 51.0 Å². The molecule has 1 atom stereocenters. The molecular formula is C19H24N4O. The van der Waals surface area contributed by atoms with Crippen molar-refractivity contribution < 1.29 is 4.79 Å². The Balaban J connectivity index is 1.42. The van der Waals surface area contributed by atoms with Gasteiger partial charge in [0.15, 0.2) is 0 Å². The molecule has 24 heavy (non-hydrogen) atoms. The first-order valence-corrected chi connectivity index (χ1v) is 8.97. The van der Waals surface area contributed by atoms with E-state index in [4.69, 9.17) is 0 Å². The van der Waals surface area contributed by atoms with Crippen LogP contribution in [0.15, 0.2) is 36.9 Å². The van der Waals surface area contributed by atoms with Gasteiger partial charge in [-0.05, 0) is 43.2 Å². The predicted molar refractivity (Wildman–Crippen MR) is 91.4 cm³/mol. The lowest BCUT2D eigenvalue weighted by atomic mass is 9.96. The average Bonchev–Trinajstić information content (AvgIpc) is 3.31. The van der Waals surface area contributed by atoms with Gasteiger partial charge in [-0.15, -0.1) is 0 Å². The molecule has 1 amide bonds. The Labute approximate surface area is 142 Å². The molecule has 5 heteroatoms. The smallest absolute Gasteiger partial charge is 0.227 e. The van der Waals surface area contributed by atoms with Crippen LogP contribution in [0.5, 0.6) is 0 Å². The minimum atomic E-state index is 0.202. The number of imidazole rings is 1. The zero-order chi connectivity index (χ0) is 16.4. The molecule has 0 spiro atoms. The molecule has 3 heterocycles. The Kier molecular flexibility index (Phi) is 4.32. The van der Waals surface area contributed by atoms with E-state index in [0.29, 0.717) is 12.3 Å². The zero-order valence-corrected chi connectivity index (χ0v) is 14.0. The second kappa shape index (κ2) is 6.75. The number of nitrogens with zero attached hydrogens (tertiary/aromatic N) is 4. The van der Waals surface area contributed by atoms with Crippen LogP contribution in [-0.2, 0) is 17.8 Å². The van der Waals surface area contributed by atoms with Gasteiger partial charge in [-0.25, -0.2) is 4.98 Å². The molecule has 126 valence electrons. The summed E-state index contributed by atoms with van der Waals surface area (Å²) in [5.41, 5.74) is 0.986. The lowest BCUT2D eigenvalue weighted by molar-refractivity contribution is -0.131. The molecule has 1 saturated heterocycles. The Hall–Kier alpha value is -2.17. The van der Waals surface area contributed by atoms with Gasteiger partial charge in [0, 0.05) is 50.3 Å². The molecule has 2 fully saturated rings. The minimum absolute atomic E-state index is 0.202.